The van der Waals surface area contributed by atoms with Crippen LogP contribution in [0.1, 0.15) is 38.5 Å². The van der Waals surface area contributed by atoms with Crippen LogP contribution < -0.4 is 10.6 Å². The van der Waals surface area contributed by atoms with Crippen LogP contribution in [0, 0.1) is 17.4 Å². The number of nitrogens with zero attached hydrogens (tertiary/aromatic N) is 2. The summed E-state index contributed by atoms with van der Waals surface area (Å²) in [5.41, 5.74) is -0.0873. The van der Waals surface area contributed by atoms with Crippen LogP contribution in [0.5, 0.6) is 0 Å². The second-order valence-corrected chi connectivity index (χ2v) is 7.36. The molecule has 0 atom stereocenters. The van der Waals surface area contributed by atoms with Crippen LogP contribution in [0.15, 0.2) is 0 Å². The summed E-state index contributed by atoms with van der Waals surface area (Å²) < 4.78 is 0. The number of hydrogen-bond acceptors (Lipinski definition) is 5. The van der Waals surface area contributed by atoms with Gasteiger partial charge in [0.15, 0.2) is 11.3 Å². The molecule has 20 heavy (non-hydrogen) atoms. The van der Waals surface area contributed by atoms with E-state index in [2.05, 4.69) is 36.4 Å². The Bertz CT molecular complexity index is 552. The third-order valence-corrected chi connectivity index (χ3v) is 5.06. The molecule has 0 aliphatic heterocycles. The van der Waals surface area contributed by atoms with Crippen molar-refractivity contribution in [2.45, 2.75) is 45.1 Å². The first-order valence-electron chi connectivity index (χ1n) is 6.43. The standard InChI is InChI=1S/C13H17ClN4OS/c1-13(2,3)9-10(14)17-12(20-9)18-11(19)7-4-8(5-7)16-6-15/h7-8,16H,4-5H2,1-3H3,(H,17,18,19)/t7-,8+. The molecule has 1 saturated carbocycles. The Morgan fingerprint density at radius 1 is 1.50 bits per heavy atom. The maximum Gasteiger partial charge on any atom is 0.229 e. The Morgan fingerprint density at radius 2 is 2.15 bits per heavy atom. The Hall–Kier alpha value is -1.32. The molecule has 108 valence electrons. The van der Waals surface area contributed by atoms with Crippen molar-refractivity contribution in [2.75, 3.05) is 5.32 Å². The number of rotatable bonds is 3. The molecule has 0 radical (unpaired) electrons. The van der Waals surface area contributed by atoms with Gasteiger partial charge in [0, 0.05) is 12.0 Å². The van der Waals surface area contributed by atoms with Gasteiger partial charge in [0.1, 0.15) is 5.15 Å². The molecule has 1 aromatic rings. The summed E-state index contributed by atoms with van der Waals surface area (Å²) in [4.78, 5) is 17.2. The van der Waals surface area contributed by atoms with Crippen LogP contribution in [-0.4, -0.2) is 16.9 Å². The topological polar surface area (TPSA) is 77.8 Å². The Balaban J connectivity index is 1.95. The van der Waals surface area contributed by atoms with Gasteiger partial charge in [0.25, 0.3) is 0 Å². The zero-order valence-electron chi connectivity index (χ0n) is 11.7. The summed E-state index contributed by atoms with van der Waals surface area (Å²) in [6.45, 7) is 6.17. The lowest BCUT2D eigenvalue weighted by molar-refractivity contribution is -0.122. The molecule has 0 bridgehead atoms. The summed E-state index contributed by atoms with van der Waals surface area (Å²) in [6.07, 6.45) is 3.27. The monoisotopic (exact) mass is 312 g/mol. The zero-order valence-corrected chi connectivity index (χ0v) is 13.2. The molecule has 2 rings (SSSR count). The predicted octanol–water partition coefficient (Wildman–Crippen LogP) is 2.88. The summed E-state index contributed by atoms with van der Waals surface area (Å²) in [5.74, 6) is -0.103. The van der Waals surface area contributed by atoms with Gasteiger partial charge in [-0.2, -0.15) is 5.26 Å². The van der Waals surface area contributed by atoms with Gasteiger partial charge in [-0.3, -0.25) is 4.79 Å². The second kappa shape index (κ2) is 5.58. The van der Waals surface area contributed by atoms with E-state index in [1.807, 2.05) is 6.19 Å². The molecule has 1 aromatic heterocycles. The summed E-state index contributed by atoms with van der Waals surface area (Å²) in [7, 11) is 0. The van der Waals surface area contributed by atoms with Crippen molar-refractivity contribution in [1.82, 2.24) is 10.3 Å². The third-order valence-electron chi connectivity index (χ3n) is 3.27. The van der Waals surface area contributed by atoms with Gasteiger partial charge in [0.2, 0.25) is 5.91 Å². The lowest BCUT2D eigenvalue weighted by atomic mass is 9.80. The number of aromatic nitrogens is 1. The fourth-order valence-electron chi connectivity index (χ4n) is 2.07. The van der Waals surface area contributed by atoms with E-state index in [-0.39, 0.29) is 23.3 Å². The number of anilines is 1. The molecule has 0 saturated heterocycles. The quantitative estimate of drug-likeness (QED) is 0.664. The minimum atomic E-state index is -0.0873. The van der Waals surface area contributed by atoms with Crippen LogP contribution >= 0.6 is 22.9 Å². The van der Waals surface area contributed by atoms with Crippen molar-refractivity contribution < 1.29 is 4.79 Å². The Morgan fingerprint density at radius 3 is 2.65 bits per heavy atom. The van der Waals surface area contributed by atoms with Crippen molar-refractivity contribution >= 4 is 34.0 Å². The van der Waals surface area contributed by atoms with Crippen molar-refractivity contribution in [3.8, 4) is 6.19 Å². The number of nitrogens with one attached hydrogen (secondary N) is 2. The highest BCUT2D eigenvalue weighted by Gasteiger charge is 2.35. The normalized spacial score (nSPS) is 21.8. The molecule has 1 amide bonds. The maximum absolute atomic E-state index is 12.0. The first-order chi connectivity index (χ1) is 9.31. The fraction of sp³-hybridized carbons (Fsp3) is 0.615. The van der Waals surface area contributed by atoms with Crippen LogP contribution in [-0.2, 0) is 10.2 Å². The highest BCUT2D eigenvalue weighted by atomic mass is 35.5. The molecule has 0 aromatic carbocycles. The van der Waals surface area contributed by atoms with Crippen molar-refractivity contribution in [2.24, 2.45) is 5.92 Å². The van der Waals surface area contributed by atoms with Gasteiger partial charge in [-0.25, -0.2) is 4.98 Å². The van der Waals surface area contributed by atoms with E-state index in [0.717, 1.165) is 4.88 Å². The minimum Gasteiger partial charge on any atom is -0.321 e. The van der Waals surface area contributed by atoms with E-state index >= 15 is 0 Å². The number of carbonyl (C=O) groups excluding carboxylic acids is 1. The molecular formula is C13H17ClN4OS. The molecule has 5 nitrogen and oxygen atoms in total. The Kier molecular flexibility index (Phi) is 4.21. The summed E-state index contributed by atoms with van der Waals surface area (Å²) in [5, 5.41) is 15.0. The summed E-state index contributed by atoms with van der Waals surface area (Å²) in [6, 6.07) is 0.126. The van der Waals surface area contributed by atoms with E-state index in [4.69, 9.17) is 16.9 Å². The molecular weight excluding hydrogens is 296 g/mol. The van der Waals surface area contributed by atoms with Crippen LogP contribution in [0.2, 0.25) is 5.15 Å². The number of carbonyl (C=O) groups is 1. The molecule has 1 aliphatic carbocycles. The molecule has 2 N–H and O–H groups in total. The minimum absolute atomic E-state index is 0.0492. The fourth-order valence-corrected chi connectivity index (χ4v) is 3.52. The van der Waals surface area contributed by atoms with Gasteiger partial charge >= 0.3 is 0 Å². The van der Waals surface area contributed by atoms with Gasteiger partial charge in [0.05, 0.1) is 4.88 Å². The number of hydrogen-bond donors (Lipinski definition) is 2. The van der Waals surface area contributed by atoms with Crippen molar-refractivity contribution in [3.05, 3.63) is 10.0 Å². The predicted molar refractivity (Wildman–Crippen MR) is 79.7 cm³/mol. The lowest BCUT2D eigenvalue weighted by Gasteiger charge is -2.32. The van der Waals surface area contributed by atoms with Crippen LogP contribution in [0.25, 0.3) is 0 Å². The second-order valence-electron chi connectivity index (χ2n) is 6.00. The first-order valence-corrected chi connectivity index (χ1v) is 7.63. The van der Waals surface area contributed by atoms with Gasteiger partial charge in [-0.05, 0) is 18.3 Å². The molecule has 1 aliphatic rings. The number of thiazole rings is 1. The van der Waals surface area contributed by atoms with Gasteiger partial charge in [-0.15, -0.1) is 0 Å². The lowest BCUT2D eigenvalue weighted by Crippen LogP contribution is -2.44. The number of halogens is 1. The zero-order chi connectivity index (χ0) is 14.9. The molecule has 7 heteroatoms. The number of nitriles is 1. The van der Waals surface area contributed by atoms with Crippen LogP contribution in [0.3, 0.4) is 0 Å². The molecule has 1 fully saturated rings. The van der Waals surface area contributed by atoms with Crippen molar-refractivity contribution in [1.29, 1.82) is 5.26 Å². The Labute approximate surface area is 127 Å². The van der Waals surface area contributed by atoms with E-state index in [9.17, 15) is 4.79 Å². The van der Waals surface area contributed by atoms with E-state index in [1.54, 1.807) is 0 Å². The number of amides is 1. The molecule has 0 unspecified atom stereocenters. The smallest absolute Gasteiger partial charge is 0.229 e. The molecule has 0 spiro atoms. The SMILES string of the molecule is CC(C)(C)c1sc(NC(=O)[C@H]2C[C@@H](NC#N)C2)nc1Cl. The van der Waals surface area contributed by atoms with Gasteiger partial charge in [-0.1, -0.05) is 43.7 Å². The first kappa shape index (κ1) is 15.1. The van der Waals surface area contributed by atoms with Gasteiger partial charge < -0.3 is 10.6 Å². The van der Waals surface area contributed by atoms with Crippen LogP contribution in [0.4, 0.5) is 5.13 Å². The average molecular weight is 313 g/mol. The van der Waals surface area contributed by atoms with E-state index in [0.29, 0.717) is 23.1 Å². The van der Waals surface area contributed by atoms with E-state index in [1.165, 1.54) is 11.3 Å². The van der Waals surface area contributed by atoms with E-state index < -0.39 is 0 Å². The summed E-state index contributed by atoms with van der Waals surface area (Å²) >= 11 is 7.52. The third kappa shape index (κ3) is 3.22. The maximum atomic E-state index is 12.0. The molecule has 1 heterocycles. The average Bonchev–Trinajstić information content (AvgIpc) is 2.63. The highest BCUT2D eigenvalue weighted by Crippen LogP contribution is 2.37. The highest BCUT2D eigenvalue weighted by molar-refractivity contribution is 7.16. The largest absolute Gasteiger partial charge is 0.321 e. The van der Waals surface area contributed by atoms with Crippen molar-refractivity contribution in [3.63, 3.8) is 0 Å².